The number of morpholine rings is 1. The number of amidine groups is 1. The van der Waals surface area contributed by atoms with Gasteiger partial charge in [0.25, 0.3) is 0 Å². The zero-order valence-electron chi connectivity index (χ0n) is 12.9. The van der Waals surface area contributed by atoms with Gasteiger partial charge in [0, 0.05) is 25.7 Å². The summed E-state index contributed by atoms with van der Waals surface area (Å²) in [6, 6.07) is 7.07. The van der Waals surface area contributed by atoms with E-state index in [-0.39, 0.29) is 6.03 Å². The normalized spacial score (nSPS) is 15.4. The molecule has 0 saturated carbocycles. The molecule has 0 radical (unpaired) electrons. The Morgan fingerprint density at radius 3 is 2.50 bits per heavy atom. The number of carbonyl (C=O) groups excluding carboxylic acids is 1. The van der Waals surface area contributed by atoms with Crippen molar-refractivity contribution < 1.29 is 14.3 Å². The molecule has 0 spiro atoms. The lowest BCUT2D eigenvalue weighted by atomic mass is 10.2. The van der Waals surface area contributed by atoms with Gasteiger partial charge in [0.15, 0.2) is 5.84 Å². The van der Waals surface area contributed by atoms with Gasteiger partial charge in [0.2, 0.25) is 0 Å². The van der Waals surface area contributed by atoms with Crippen LogP contribution in [0.25, 0.3) is 0 Å². The Balaban J connectivity index is 2.12. The van der Waals surface area contributed by atoms with Crippen molar-refractivity contribution in [3.05, 3.63) is 29.8 Å². The minimum atomic E-state index is -0.182. The molecule has 7 heteroatoms. The Kier molecular flexibility index (Phi) is 5.48. The Morgan fingerprint density at radius 2 is 1.95 bits per heavy atom. The standard InChI is InChI=1S/C15H20N4O3/c1-16-14(12-4-6-13(21-3)7-5-12)17-18(2)15(20)19-8-10-22-11-9-19/h4-7H,1,8-11H2,2-3H3. The van der Waals surface area contributed by atoms with Gasteiger partial charge in [-0.1, -0.05) is 0 Å². The summed E-state index contributed by atoms with van der Waals surface area (Å²) < 4.78 is 10.3. The third-order valence-electron chi connectivity index (χ3n) is 3.30. The zero-order chi connectivity index (χ0) is 15.9. The molecule has 1 aliphatic heterocycles. The van der Waals surface area contributed by atoms with E-state index in [0.717, 1.165) is 11.3 Å². The molecular formula is C15H20N4O3. The number of amides is 2. The van der Waals surface area contributed by atoms with E-state index in [0.29, 0.717) is 32.1 Å². The lowest BCUT2D eigenvalue weighted by Gasteiger charge is -2.29. The highest BCUT2D eigenvalue weighted by molar-refractivity contribution is 6.01. The summed E-state index contributed by atoms with van der Waals surface area (Å²) in [7, 11) is 3.21. The Hall–Kier alpha value is -2.41. The van der Waals surface area contributed by atoms with Crippen molar-refractivity contribution in [2.24, 2.45) is 10.1 Å². The third kappa shape index (κ3) is 3.82. The minimum Gasteiger partial charge on any atom is -0.497 e. The van der Waals surface area contributed by atoms with E-state index in [1.54, 1.807) is 31.2 Å². The van der Waals surface area contributed by atoms with Crippen LogP contribution in [0.4, 0.5) is 4.79 Å². The van der Waals surface area contributed by atoms with E-state index < -0.39 is 0 Å². The third-order valence-corrected chi connectivity index (χ3v) is 3.30. The molecule has 0 aliphatic carbocycles. The summed E-state index contributed by atoms with van der Waals surface area (Å²) in [5, 5.41) is 5.52. The highest BCUT2D eigenvalue weighted by Crippen LogP contribution is 2.13. The van der Waals surface area contributed by atoms with Crippen LogP contribution < -0.4 is 4.74 Å². The number of hydrazone groups is 1. The van der Waals surface area contributed by atoms with Crippen molar-refractivity contribution in [1.82, 2.24) is 9.91 Å². The molecule has 1 aromatic carbocycles. The first-order chi connectivity index (χ1) is 10.7. The van der Waals surface area contributed by atoms with E-state index in [1.165, 1.54) is 5.01 Å². The van der Waals surface area contributed by atoms with Crippen molar-refractivity contribution in [3.63, 3.8) is 0 Å². The van der Waals surface area contributed by atoms with Crippen LogP contribution in [-0.2, 0) is 4.74 Å². The number of hydrogen-bond donors (Lipinski definition) is 0. The van der Waals surface area contributed by atoms with Gasteiger partial charge in [-0.3, -0.25) is 0 Å². The molecule has 1 heterocycles. The largest absolute Gasteiger partial charge is 0.497 e. The number of carbonyl (C=O) groups is 1. The molecule has 22 heavy (non-hydrogen) atoms. The average Bonchev–Trinajstić information content (AvgIpc) is 2.59. The fraction of sp³-hybridized carbons (Fsp3) is 0.400. The maximum absolute atomic E-state index is 12.3. The van der Waals surface area contributed by atoms with Crippen LogP contribution in [-0.4, -0.2) is 69.0 Å². The van der Waals surface area contributed by atoms with Crippen LogP contribution in [0.2, 0.25) is 0 Å². The highest BCUT2D eigenvalue weighted by atomic mass is 16.5. The Labute approximate surface area is 129 Å². The van der Waals surface area contributed by atoms with Gasteiger partial charge in [-0.2, -0.15) is 0 Å². The van der Waals surface area contributed by atoms with Crippen LogP contribution in [0.15, 0.2) is 34.4 Å². The summed E-state index contributed by atoms with van der Waals surface area (Å²) in [5.74, 6) is 1.12. The van der Waals surface area contributed by atoms with Crippen LogP contribution in [0.1, 0.15) is 5.56 Å². The van der Waals surface area contributed by atoms with E-state index in [9.17, 15) is 4.79 Å². The summed E-state index contributed by atoms with van der Waals surface area (Å²) in [4.78, 5) is 17.9. The second-order valence-corrected chi connectivity index (χ2v) is 4.72. The number of methoxy groups -OCH3 is 1. The van der Waals surface area contributed by atoms with E-state index in [2.05, 4.69) is 16.8 Å². The molecule has 0 atom stereocenters. The molecule has 0 bridgehead atoms. The molecule has 1 aliphatic rings. The predicted octanol–water partition coefficient (Wildman–Crippen LogP) is 1.44. The van der Waals surface area contributed by atoms with Crippen molar-refractivity contribution in [1.29, 1.82) is 0 Å². The van der Waals surface area contributed by atoms with Gasteiger partial charge in [0.05, 0.1) is 20.3 Å². The smallest absolute Gasteiger partial charge is 0.340 e. The molecule has 2 amide bonds. The summed E-state index contributed by atoms with van der Waals surface area (Å²) >= 11 is 0. The second-order valence-electron chi connectivity index (χ2n) is 4.72. The van der Waals surface area contributed by atoms with Gasteiger partial charge in [-0.15, -0.1) is 5.10 Å². The van der Waals surface area contributed by atoms with Gasteiger partial charge >= 0.3 is 6.03 Å². The number of hydrogen-bond acceptors (Lipinski definition) is 4. The van der Waals surface area contributed by atoms with Crippen LogP contribution in [0.3, 0.4) is 0 Å². The molecule has 1 aromatic rings. The quantitative estimate of drug-likeness (QED) is 0.482. The van der Waals surface area contributed by atoms with Crippen molar-refractivity contribution in [2.75, 3.05) is 40.5 Å². The van der Waals surface area contributed by atoms with Crippen LogP contribution in [0, 0.1) is 0 Å². The molecule has 0 aromatic heterocycles. The predicted molar refractivity (Wildman–Crippen MR) is 84.6 cm³/mol. The molecule has 118 valence electrons. The lowest BCUT2D eigenvalue weighted by Crippen LogP contribution is -2.45. The number of rotatable bonds is 3. The summed E-state index contributed by atoms with van der Waals surface area (Å²) in [6.45, 7) is 5.76. The van der Waals surface area contributed by atoms with Crippen molar-refractivity contribution in [2.45, 2.75) is 0 Å². The highest BCUT2D eigenvalue weighted by Gasteiger charge is 2.20. The number of benzene rings is 1. The number of urea groups is 1. The second kappa shape index (κ2) is 7.56. The van der Waals surface area contributed by atoms with Crippen LogP contribution >= 0.6 is 0 Å². The molecule has 7 nitrogen and oxygen atoms in total. The average molecular weight is 304 g/mol. The van der Waals surface area contributed by atoms with Gasteiger partial charge in [0.1, 0.15) is 5.75 Å². The Bertz CT molecular complexity index is 550. The number of ether oxygens (including phenoxy) is 2. The number of nitrogens with zero attached hydrogens (tertiary/aromatic N) is 4. The van der Waals surface area contributed by atoms with Gasteiger partial charge < -0.3 is 14.4 Å². The molecule has 0 unspecified atom stereocenters. The van der Waals surface area contributed by atoms with Crippen molar-refractivity contribution in [3.8, 4) is 5.75 Å². The SMILES string of the molecule is C=NC(=NN(C)C(=O)N1CCOCC1)c1ccc(OC)cc1. The van der Waals surface area contributed by atoms with Crippen LogP contribution in [0.5, 0.6) is 5.75 Å². The zero-order valence-corrected chi connectivity index (χ0v) is 12.9. The molecule has 1 fully saturated rings. The maximum atomic E-state index is 12.3. The summed E-state index contributed by atoms with van der Waals surface area (Å²) in [5.41, 5.74) is 0.762. The fourth-order valence-corrected chi connectivity index (χ4v) is 2.06. The van der Waals surface area contributed by atoms with Gasteiger partial charge in [-0.05, 0) is 31.0 Å². The number of aliphatic imine (C=N–C) groups is 1. The molecule has 2 rings (SSSR count). The fourth-order valence-electron chi connectivity index (χ4n) is 2.06. The van der Waals surface area contributed by atoms with E-state index >= 15 is 0 Å². The first-order valence-corrected chi connectivity index (χ1v) is 6.96. The molecule has 0 N–H and O–H groups in total. The monoisotopic (exact) mass is 304 g/mol. The van der Waals surface area contributed by atoms with Gasteiger partial charge in [-0.25, -0.2) is 14.8 Å². The molecular weight excluding hydrogens is 284 g/mol. The topological polar surface area (TPSA) is 66.7 Å². The first kappa shape index (κ1) is 16.0. The maximum Gasteiger partial charge on any atom is 0.340 e. The Morgan fingerprint density at radius 1 is 1.32 bits per heavy atom. The minimum absolute atomic E-state index is 0.182. The van der Waals surface area contributed by atoms with E-state index in [1.807, 2.05) is 12.1 Å². The van der Waals surface area contributed by atoms with Crippen molar-refractivity contribution >= 4 is 18.6 Å². The molecule has 1 saturated heterocycles. The lowest BCUT2D eigenvalue weighted by molar-refractivity contribution is 0.0455. The van der Waals surface area contributed by atoms with E-state index in [4.69, 9.17) is 9.47 Å². The summed E-state index contributed by atoms with van der Waals surface area (Å²) in [6.07, 6.45) is 0. The first-order valence-electron chi connectivity index (χ1n) is 6.96.